The third-order valence-electron chi connectivity index (χ3n) is 3.86. The van der Waals surface area contributed by atoms with Gasteiger partial charge in [0.05, 0.1) is 5.56 Å². The molecule has 0 saturated carbocycles. The van der Waals surface area contributed by atoms with E-state index in [1.54, 1.807) is 4.90 Å². The van der Waals surface area contributed by atoms with Crippen molar-refractivity contribution in [2.45, 2.75) is 12.5 Å². The first kappa shape index (κ1) is 11.9. The van der Waals surface area contributed by atoms with Gasteiger partial charge in [-0.2, -0.15) is 0 Å². The summed E-state index contributed by atoms with van der Waals surface area (Å²) in [5, 5.41) is 3.66. The molecule has 0 bridgehead atoms. The molecule has 0 aromatic heterocycles. The van der Waals surface area contributed by atoms with Crippen LogP contribution in [0.3, 0.4) is 0 Å². The molecular weight excluding hydrogens is 255 g/mol. The lowest BCUT2D eigenvalue weighted by molar-refractivity contribution is 0.0732. The van der Waals surface area contributed by atoms with Crippen LogP contribution in [0.15, 0.2) is 18.2 Å². The number of nitrogens with zero attached hydrogens (tertiary/aromatic N) is 1. The predicted molar refractivity (Wildman–Crippen MR) is 67.2 cm³/mol. The van der Waals surface area contributed by atoms with E-state index in [4.69, 9.17) is 11.6 Å². The van der Waals surface area contributed by atoms with E-state index in [2.05, 4.69) is 5.32 Å². The molecule has 2 aliphatic rings. The molecule has 0 radical (unpaired) electrons. The average molecular weight is 269 g/mol. The highest BCUT2D eigenvalue weighted by Crippen LogP contribution is 2.29. The molecule has 2 atom stereocenters. The summed E-state index contributed by atoms with van der Waals surface area (Å²) in [5.41, 5.74) is 0.0788. The summed E-state index contributed by atoms with van der Waals surface area (Å²) in [6.45, 7) is 2.47. The van der Waals surface area contributed by atoms with Crippen molar-refractivity contribution in [1.29, 1.82) is 0 Å². The molecule has 3 rings (SSSR count). The van der Waals surface area contributed by atoms with Gasteiger partial charge in [-0.3, -0.25) is 4.79 Å². The van der Waals surface area contributed by atoms with Crippen molar-refractivity contribution < 1.29 is 9.18 Å². The Labute approximate surface area is 110 Å². The number of carbonyl (C=O) groups is 1. The number of rotatable bonds is 1. The maximum atomic E-state index is 13.7. The molecule has 3 nitrogen and oxygen atoms in total. The third kappa shape index (κ3) is 1.89. The maximum Gasteiger partial charge on any atom is 0.257 e. The lowest BCUT2D eigenvalue weighted by Gasteiger charge is -2.23. The van der Waals surface area contributed by atoms with Gasteiger partial charge in [0.25, 0.3) is 5.91 Å². The number of amides is 1. The Kier molecular flexibility index (Phi) is 2.99. The van der Waals surface area contributed by atoms with E-state index in [9.17, 15) is 9.18 Å². The van der Waals surface area contributed by atoms with Gasteiger partial charge in [0.15, 0.2) is 0 Å². The number of carbonyl (C=O) groups excluding carboxylic acids is 1. The lowest BCUT2D eigenvalue weighted by atomic mass is 10.0. The van der Waals surface area contributed by atoms with Crippen LogP contribution in [0, 0.1) is 11.7 Å². The van der Waals surface area contributed by atoms with E-state index in [0.717, 1.165) is 19.5 Å². The Morgan fingerprint density at radius 1 is 1.44 bits per heavy atom. The highest BCUT2D eigenvalue weighted by atomic mass is 35.5. The minimum absolute atomic E-state index is 0.0788. The summed E-state index contributed by atoms with van der Waals surface area (Å²) in [4.78, 5) is 14.1. The zero-order chi connectivity index (χ0) is 12.7. The monoisotopic (exact) mass is 268 g/mol. The number of nitrogens with one attached hydrogen (secondary N) is 1. The van der Waals surface area contributed by atoms with Gasteiger partial charge in [-0.1, -0.05) is 11.6 Å². The molecule has 0 unspecified atom stereocenters. The van der Waals surface area contributed by atoms with E-state index in [0.29, 0.717) is 17.5 Å². The van der Waals surface area contributed by atoms with Crippen LogP contribution in [0.25, 0.3) is 0 Å². The second kappa shape index (κ2) is 4.52. The molecule has 2 fully saturated rings. The summed E-state index contributed by atoms with van der Waals surface area (Å²) in [7, 11) is 0. The fourth-order valence-electron chi connectivity index (χ4n) is 2.92. The SMILES string of the molecule is O=C(c1cc(Cl)ccc1F)N1CC[C@H]2CNC[C@H]21. The van der Waals surface area contributed by atoms with Crippen LogP contribution in [0.1, 0.15) is 16.8 Å². The lowest BCUT2D eigenvalue weighted by Crippen LogP contribution is -2.39. The van der Waals surface area contributed by atoms with Crippen molar-refractivity contribution in [2.24, 2.45) is 5.92 Å². The topological polar surface area (TPSA) is 32.3 Å². The van der Waals surface area contributed by atoms with Crippen molar-refractivity contribution in [3.63, 3.8) is 0 Å². The molecule has 2 heterocycles. The highest BCUT2D eigenvalue weighted by Gasteiger charge is 2.40. The first-order valence-corrected chi connectivity index (χ1v) is 6.51. The molecule has 1 aromatic rings. The van der Waals surface area contributed by atoms with E-state index in [-0.39, 0.29) is 17.5 Å². The van der Waals surface area contributed by atoms with Gasteiger partial charge < -0.3 is 10.2 Å². The first-order valence-electron chi connectivity index (χ1n) is 6.13. The fraction of sp³-hybridized carbons (Fsp3) is 0.462. The van der Waals surface area contributed by atoms with E-state index in [1.807, 2.05) is 0 Å². The number of likely N-dealkylation sites (tertiary alicyclic amines) is 1. The van der Waals surface area contributed by atoms with E-state index >= 15 is 0 Å². The van der Waals surface area contributed by atoms with Crippen LogP contribution < -0.4 is 5.32 Å². The number of hydrogen-bond acceptors (Lipinski definition) is 2. The van der Waals surface area contributed by atoms with Gasteiger partial charge in [0, 0.05) is 30.7 Å². The molecule has 2 aliphatic heterocycles. The Morgan fingerprint density at radius 2 is 2.28 bits per heavy atom. The molecule has 5 heteroatoms. The smallest absolute Gasteiger partial charge is 0.257 e. The van der Waals surface area contributed by atoms with Crippen LogP contribution in [0.2, 0.25) is 5.02 Å². The number of halogens is 2. The quantitative estimate of drug-likeness (QED) is 0.844. The van der Waals surface area contributed by atoms with Gasteiger partial charge in [-0.05, 0) is 30.5 Å². The summed E-state index contributed by atoms with van der Waals surface area (Å²) in [6.07, 6.45) is 0.992. The Balaban J connectivity index is 1.88. The minimum Gasteiger partial charge on any atom is -0.334 e. The Morgan fingerprint density at radius 3 is 3.11 bits per heavy atom. The molecule has 1 N–H and O–H groups in total. The fourth-order valence-corrected chi connectivity index (χ4v) is 3.09. The minimum atomic E-state index is -0.501. The summed E-state index contributed by atoms with van der Waals surface area (Å²) >= 11 is 5.83. The normalized spacial score (nSPS) is 26.4. The van der Waals surface area contributed by atoms with Gasteiger partial charge in [0.1, 0.15) is 5.82 Å². The van der Waals surface area contributed by atoms with Crippen LogP contribution >= 0.6 is 11.6 Å². The number of fused-ring (bicyclic) bond motifs is 1. The van der Waals surface area contributed by atoms with Crippen LogP contribution in [-0.4, -0.2) is 36.5 Å². The molecule has 0 aliphatic carbocycles. The van der Waals surface area contributed by atoms with Crippen LogP contribution in [0.5, 0.6) is 0 Å². The Bertz CT molecular complexity index is 494. The van der Waals surface area contributed by atoms with Crippen LogP contribution in [0.4, 0.5) is 4.39 Å². The molecule has 1 aromatic carbocycles. The zero-order valence-electron chi connectivity index (χ0n) is 9.83. The van der Waals surface area contributed by atoms with Crippen molar-refractivity contribution in [3.05, 3.63) is 34.6 Å². The molecule has 2 saturated heterocycles. The van der Waals surface area contributed by atoms with Gasteiger partial charge >= 0.3 is 0 Å². The van der Waals surface area contributed by atoms with E-state index < -0.39 is 5.82 Å². The number of hydrogen-bond donors (Lipinski definition) is 1. The molecule has 18 heavy (non-hydrogen) atoms. The molecular formula is C13H14ClFN2O. The second-order valence-corrected chi connectivity index (χ2v) is 5.33. The molecule has 0 spiro atoms. The molecule has 96 valence electrons. The van der Waals surface area contributed by atoms with E-state index in [1.165, 1.54) is 18.2 Å². The van der Waals surface area contributed by atoms with Crippen molar-refractivity contribution in [2.75, 3.05) is 19.6 Å². The van der Waals surface area contributed by atoms with Gasteiger partial charge in [0.2, 0.25) is 0 Å². The van der Waals surface area contributed by atoms with Gasteiger partial charge in [-0.15, -0.1) is 0 Å². The van der Waals surface area contributed by atoms with Gasteiger partial charge in [-0.25, -0.2) is 4.39 Å². The van der Waals surface area contributed by atoms with Crippen molar-refractivity contribution in [1.82, 2.24) is 10.2 Å². The standard InChI is InChI=1S/C13H14ClFN2O/c14-9-1-2-11(15)10(5-9)13(18)17-4-3-8-6-16-7-12(8)17/h1-2,5,8,12,16H,3-4,6-7H2/t8-,12+/m0/s1. The van der Waals surface area contributed by atoms with Crippen LogP contribution in [-0.2, 0) is 0 Å². The average Bonchev–Trinajstić information content (AvgIpc) is 2.93. The summed E-state index contributed by atoms with van der Waals surface area (Å²) in [6, 6.07) is 4.32. The largest absolute Gasteiger partial charge is 0.334 e. The molecule has 1 amide bonds. The van der Waals surface area contributed by atoms with Crippen molar-refractivity contribution >= 4 is 17.5 Å². The van der Waals surface area contributed by atoms with Crippen molar-refractivity contribution in [3.8, 4) is 0 Å². The maximum absolute atomic E-state index is 13.7. The second-order valence-electron chi connectivity index (χ2n) is 4.90. The summed E-state index contributed by atoms with van der Waals surface area (Å²) < 4.78 is 13.7. The predicted octanol–water partition coefficient (Wildman–Crippen LogP) is 1.91. The first-order chi connectivity index (χ1) is 8.66. The Hall–Kier alpha value is -1.13. The summed E-state index contributed by atoms with van der Waals surface area (Å²) in [5.74, 6) is -0.235. The highest BCUT2D eigenvalue weighted by molar-refractivity contribution is 6.31. The zero-order valence-corrected chi connectivity index (χ0v) is 10.6. The third-order valence-corrected chi connectivity index (χ3v) is 4.10. The number of benzene rings is 1.